The molecule has 22 heavy (non-hydrogen) atoms. The first-order chi connectivity index (χ1) is 9.96. The molecule has 0 atom stereocenters. The van der Waals surface area contributed by atoms with E-state index in [1.54, 1.807) is 0 Å². The fourth-order valence-electron chi connectivity index (χ4n) is 2.18. The number of nitro benzene ring substituents is 1. The van der Waals surface area contributed by atoms with E-state index in [1.807, 2.05) is 0 Å². The first kappa shape index (κ1) is 18.6. The molecule has 1 N–H and O–H groups in total. The summed E-state index contributed by atoms with van der Waals surface area (Å²) in [5.74, 6) is -0.0126. The zero-order valence-corrected chi connectivity index (χ0v) is 13.7. The van der Waals surface area contributed by atoms with Crippen molar-refractivity contribution in [3.63, 3.8) is 0 Å². The standard InChI is InChI=1S/C12H17N3O5S.ClH/c1-20-11-9-10(15(16)17)3-4-12(11)21(18,19)14-7-2-5-13-6-8-14;/h3-4,9,13H,2,5-8H2,1H3;1H. The minimum absolute atomic E-state index is 0. The highest BCUT2D eigenvalue weighted by Gasteiger charge is 2.29. The minimum Gasteiger partial charge on any atom is -0.495 e. The summed E-state index contributed by atoms with van der Waals surface area (Å²) in [5, 5.41) is 13.9. The lowest BCUT2D eigenvalue weighted by molar-refractivity contribution is -0.385. The van der Waals surface area contributed by atoms with Gasteiger partial charge in [-0.2, -0.15) is 4.31 Å². The molecule has 1 saturated heterocycles. The third kappa shape index (κ3) is 3.86. The monoisotopic (exact) mass is 351 g/mol. The number of non-ortho nitro benzene ring substituents is 1. The first-order valence-corrected chi connectivity index (χ1v) is 7.94. The Morgan fingerprint density at radius 1 is 1.32 bits per heavy atom. The maximum absolute atomic E-state index is 12.6. The van der Waals surface area contributed by atoms with E-state index in [-0.39, 0.29) is 28.7 Å². The zero-order valence-electron chi connectivity index (χ0n) is 12.0. The number of hydrogen-bond donors (Lipinski definition) is 1. The van der Waals surface area contributed by atoms with E-state index in [0.29, 0.717) is 26.1 Å². The van der Waals surface area contributed by atoms with Gasteiger partial charge in [0.1, 0.15) is 10.6 Å². The van der Waals surface area contributed by atoms with Crippen LogP contribution in [0.4, 0.5) is 5.69 Å². The van der Waals surface area contributed by atoms with E-state index in [0.717, 1.165) is 12.6 Å². The molecule has 10 heteroatoms. The number of nitro groups is 1. The number of nitrogens with one attached hydrogen (secondary N) is 1. The fraction of sp³-hybridized carbons (Fsp3) is 0.500. The molecule has 1 aromatic rings. The van der Waals surface area contributed by atoms with Crippen molar-refractivity contribution in [2.24, 2.45) is 0 Å². The Bertz CT molecular complexity index is 630. The van der Waals surface area contributed by atoms with Crippen LogP contribution in [0.15, 0.2) is 23.1 Å². The molecule has 1 aliphatic rings. The van der Waals surface area contributed by atoms with Crippen LogP contribution in [0, 0.1) is 10.1 Å². The number of rotatable bonds is 4. The van der Waals surface area contributed by atoms with Gasteiger partial charge in [0.2, 0.25) is 10.0 Å². The highest BCUT2D eigenvalue weighted by Crippen LogP contribution is 2.30. The van der Waals surface area contributed by atoms with Gasteiger partial charge in [0, 0.05) is 25.7 Å². The summed E-state index contributed by atoms with van der Waals surface area (Å²) in [6.45, 7) is 2.12. The molecule has 1 aliphatic heterocycles. The molecule has 0 amide bonds. The number of hydrogen-bond acceptors (Lipinski definition) is 6. The van der Waals surface area contributed by atoms with Gasteiger partial charge in [0.15, 0.2) is 0 Å². The van der Waals surface area contributed by atoms with Crippen molar-refractivity contribution in [3.05, 3.63) is 28.3 Å². The number of halogens is 1. The molecule has 0 aliphatic carbocycles. The van der Waals surface area contributed by atoms with Crippen LogP contribution in [0.25, 0.3) is 0 Å². The van der Waals surface area contributed by atoms with Crippen molar-refractivity contribution in [1.29, 1.82) is 0 Å². The van der Waals surface area contributed by atoms with E-state index in [1.165, 1.54) is 23.5 Å². The summed E-state index contributed by atoms with van der Waals surface area (Å²) in [6, 6.07) is 3.53. The largest absolute Gasteiger partial charge is 0.495 e. The molecule has 124 valence electrons. The van der Waals surface area contributed by atoms with Gasteiger partial charge >= 0.3 is 0 Å². The second-order valence-electron chi connectivity index (χ2n) is 4.60. The SMILES string of the molecule is COc1cc([N+](=O)[O-])ccc1S(=O)(=O)N1CCCNCC1.Cl. The van der Waals surface area contributed by atoms with Crippen LogP contribution in [0.5, 0.6) is 5.75 Å². The summed E-state index contributed by atoms with van der Waals surface area (Å²) in [4.78, 5) is 10.1. The highest BCUT2D eigenvalue weighted by molar-refractivity contribution is 7.89. The van der Waals surface area contributed by atoms with Gasteiger partial charge in [0.05, 0.1) is 18.1 Å². The summed E-state index contributed by atoms with van der Waals surface area (Å²) in [7, 11) is -2.43. The number of ether oxygens (including phenoxy) is 1. The topological polar surface area (TPSA) is 102 Å². The molecular weight excluding hydrogens is 334 g/mol. The number of methoxy groups -OCH3 is 1. The number of benzene rings is 1. The fourth-order valence-corrected chi connectivity index (χ4v) is 3.80. The van der Waals surface area contributed by atoms with Crippen LogP contribution in [0.2, 0.25) is 0 Å². The van der Waals surface area contributed by atoms with Crippen LogP contribution >= 0.6 is 12.4 Å². The average molecular weight is 352 g/mol. The molecule has 0 spiro atoms. The Hall–Kier alpha value is -1.42. The summed E-state index contributed by atoms with van der Waals surface area (Å²) in [5.41, 5.74) is -0.205. The summed E-state index contributed by atoms with van der Waals surface area (Å²) < 4.78 is 31.7. The van der Waals surface area contributed by atoms with Gasteiger partial charge < -0.3 is 10.1 Å². The predicted octanol–water partition coefficient (Wildman–Crippen LogP) is 1.01. The molecule has 0 saturated carbocycles. The minimum atomic E-state index is -3.72. The van der Waals surface area contributed by atoms with E-state index in [4.69, 9.17) is 4.74 Å². The van der Waals surface area contributed by atoms with E-state index >= 15 is 0 Å². The molecule has 1 aromatic carbocycles. The third-order valence-electron chi connectivity index (χ3n) is 3.27. The first-order valence-electron chi connectivity index (χ1n) is 6.50. The number of sulfonamides is 1. The van der Waals surface area contributed by atoms with Crippen molar-refractivity contribution in [2.45, 2.75) is 11.3 Å². The molecule has 1 fully saturated rings. The van der Waals surface area contributed by atoms with E-state index in [9.17, 15) is 18.5 Å². The van der Waals surface area contributed by atoms with E-state index in [2.05, 4.69) is 5.32 Å². The Labute approximate surface area is 135 Å². The number of nitrogens with zero attached hydrogens (tertiary/aromatic N) is 2. The second kappa shape index (κ2) is 7.73. The van der Waals surface area contributed by atoms with Gasteiger partial charge in [-0.25, -0.2) is 8.42 Å². The molecule has 0 aromatic heterocycles. The van der Waals surface area contributed by atoms with Crippen LogP contribution in [-0.2, 0) is 10.0 Å². The van der Waals surface area contributed by atoms with Crippen LogP contribution in [-0.4, -0.2) is 50.9 Å². The Morgan fingerprint density at radius 2 is 2.05 bits per heavy atom. The second-order valence-corrected chi connectivity index (χ2v) is 6.51. The Kier molecular flexibility index (Phi) is 6.54. The summed E-state index contributed by atoms with van der Waals surface area (Å²) >= 11 is 0. The molecule has 1 heterocycles. The quantitative estimate of drug-likeness (QED) is 0.641. The van der Waals surface area contributed by atoms with Crippen molar-refractivity contribution < 1.29 is 18.1 Å². The lowest BCUT2D eigenvalue weighted by Crippen LogP contribution is -2.34. The van der Waals surface area contributed by atoms with Gasteiger partial charge in [-0.1, -0.05) is 0 Å². The molecule has 0 radical (unpaired) electrons. The van der Waals surface area contributed by atoms with Gasteiger partial charge in [-0.05, 0) is 19.0 Å². The Morgan fingerprint density at radius 3 is 2.68 bits per heavy atom. The highest BCUT2D eigenvalue weighted by atomic mass is 35.5. The maximum Gasteiger partial charge on any atom is 0.273 e. The lowest BCUT2D eigenvalue weighted by Gasteiger charge is -2.20. The molecule has 8 nitrogen and oxygen atoms in total. The normalized spacial score (nSPS) is 16.4. The lowest BCUT2D eigenvalue weighted by atomic mass is 10.3. The van der Waals surface area contributed by atoms with Crippen LogP contribution < -0.4 is 10.1 Å². The van der Waals surface area contributed by atoms with E-state index < -0.39 is 14.9 Å². The van der Waals surface area contributed by atoms with Crippen LogP contribution in [0.3, 0.4) is 0 Å². The van der Waals surface area contributed by atoms with Gasteiger partial charge in [-0.3, -0.25) is 10.1 Å². The smallest absolute Gasteiger partial charge is 0.273 e. The van der Waals surface area contributed by atoms with Gasteiger partial charge in [-0.15, -0.1) is 12.4 Å². The van der Waals surface area contributed by atoms with Crippen LogP contribution in [0.1, 0.15) is 6.42 Å². The zero-order chi connectivity index (χ0) is 15.5. The Balaban J connectivity index is 0.00000242. The van der Waals surface area contributed by atoms with Crippen molar-refractivity contribution in [1.82, 2.24) is 9.62 Å². The molecule has 0 bridgehead atoms. The third-order valence-corrected chi connectivity index (χ3v) is 5.21. The molecule has 2 rings (SSSR count). The van der Waals surface area contributed by atoms with Gasteiger partial charge in [0.25, 0.3) is 5.69 Å². The average Bonchev–Trinajstić information content (AvgIpc) is 2.76. The summed E-state index contributed by atoms with van der Waals surface area (Å²) in [6.07, 6.45) is 0.717. The predicted molar refractivity (Wildman–Crippen MR) is 83.1 cm³/mol. The van der Waals surface area contributed by atoms with Crippen molar-refractivity contribution in [2.75, 3.05) is 33.3 Å². The van der Waals surface area contributed by atoms with Crippen molar-refractivity contribution >= 4 is 28.1 Å². The van der Waals surface area contributed by atoms with Crippen molar-refractivity contribution in [3.8, 4) is 5.75 Å². The maximum atomic E-state index is 12.6. The molecule has 0 unspecified atom stereocenters. The molecular formula is C12H18ClN3O5S.